The van der Waals surface area contributed by atoms with Crippen molar-refractivity contribution < 1.29 is 18.9 Å². The van der Waals surface area contributed by atoms with Gasteiger partial charge in [0.25, 0.3) is 5.69 Å². The van der Waals surface area contributed by atoms with E-state index >= 15 is 0 Å². The summed E-state index contributed by atoms with van der Waals surface area (Å²) in [7, 11) is -4.00. The van der Waals surface area contributed by atoms with Crippen LogP contribution in [0.15, 0.2) is 36.4 Å². The number of nitrogens with zero attached hydrogens (tertiary/aromatic N) is 1. The zero-order valence-corrected chi connectivity index (χ0v) is 16.1. The minimum absolute atomic E-state index is 0.104. The molecule has 3 atom stereocenters. The van der Waals surface area contributed by atoms with Gasteiger partial charge in [-0.25, -0.2) is 0 Å². The Bertz CT molecular complexity index is 826. The molecule has 0 aliphatic rings. The Labute approximate surface area is 153 Å². The van der Waals surface area contributed by atoms with Crippen molar-refractivity contribution in [3.8, 4) is 0 Å². The van der Waals surface area contributed by atoms with Crippen molar-refractivity contribution in [3.63, 3.8) is 0 Å². The molecule has 26 heavy (non-hydrogen) atoms. The molecule has 0 heterocycles. The molecular formula is C18H25N2O5P. The zero-order chi connectivity index (χ0) is 19.3. The van der Waals surface area contributed by atoms with Gasteiger partial charge in [-0.2, -0.15) is 0 Å². The summed E-state index contributed by atoms with van der Waals surface area (Å²) in [5.41, 5.74) is 0.113. The van der Waals surface area contributed by atoms with Crippen molar-refractivity contribution in [1.82, 2.24) is 0 Å². The third-order valence-corrected chi connectivity index (χ3v) is 6.10. The number of nitro benzene ring substituents is 1. The van der Waals surface area contributed by atoms with Crippen molar-refractivity contribution in [3.05, 3.63) is 46.5 Å². The highest BCUT2D eigenvalue weighted by molar-refractivity contribution is 7.53. The van der Waals surface area contributed by atoms with Crippen molar-refractivity contribution in [1.29, 1.82) is 0 Å². The van der Waals surface area contributed by atoms with E-state index in [-0.39, 0.29) is 17.5 Å². The van der Waals surface area contributed by atoms with Gasteiger partial charge in [0, 0.05) is 0 Å². The van der Waals surface area contributed by atoms with Crippen LogP contribution in [0.3, 0.4) is 0 Å². The van der Waals surface area contributed by atoms with E-state index in [0.717, 1.165) is 5.39 Å². The van der Waals surface area contributed by atoms with Crippen LogP contribution in [0.2, 0.25) is 0 Å². The maximum Gasteiger partial charge on any atom is 0.350 e. The summed E-state index contributed by atoms with van der Waals surface area (Å²) >= 11 is 0. The molecule has 0 aliphatic heterocycles. The first kappa shape index (κ1) is 20.4. The molecule has 2 aromatic carbocycles. The van der Waals surface area contributed by atoms with Gasteiger partial charge in [-0.05, 0) is 37.3 Å². The standard InChI is InChI=1S/C18H25N2O5P/c1-4-8-17(26(23,24)25-13(3)5-2)19-16-12-11-14-9-6-7-10-15(14)18(16)20(21)22/h6-7,9-13,17,19H,4-5,8H2,1-3H3,(H,23,24). The molecule has 0 saturated heterocycles. The summed E-state index contributed by atoms with van der Waals surface area (Å²) in [5, 5.41) is 15.8. The summed E-state index contributed by atoms with van der Waals surface area (Å²) in [5.74, 6) is -0.915. The number of benzene rings is 2. The van der Waals surface area contributed by atoms with E-state index < -0.39 is 18.3 Å². The van der Waals surface area contributed by atoms with Gasteiger partial charge < -0.3 is 14.7 Å². The first-order chi connectivity index (χ1) is 12.3. The van der Waals surface area contributed by atoms with Crippen LogP contribution in [-0.2, 0) is 9.09 Å². The van der Waals surface area contributed by atoms with E-state index in [1.165, 1.54) is 0 Å². The summed E-state index contributed by atoms with van der Waals surface area (Å²) in [6.45, 7) is 5.47. The molecule has 3 unspecified atom stereocenters. The van der Waals surface area contributed by atoms with Gasteiger partial charge in [-0.3, -0.25) is 14.7 Å². The summed E-state index contributed by atoms with van der Waals surface area (Å²) in [6, 6.07) is 10.3. The Morgan fingerprint density at radius 3 is 2.58 bits per heavy atom. The third kappa shape index (κ3) is 4.61. The summed E-state index contributed by atoms with van der Waals surface area (Å²) in [6.07, 6.45) is 1.21. The van der Waals surface area contributed by atoms with E-state index in [9.17, 15) is 19.6 Å². The lowest BCUT2D eigenvalue weighted by Gasteiger charge is -2.26. The molecule has 7 nitrogen and oxygen atoms in total. The lowest BCUT2D eigenvalue weighted by molar-refractivity contribution is -0.382. The molecule has 2 rings (SSSR count). The first-order valence-corrected chi connectivity index (χ1v) is 10.4. The lowest BCUT2D eigenvalue weighted by atomic mass is 10.1. The lowest BCUT2D eigenvalue weighted by Crippen LogP contribution is -2.23. The van der Waals surface area contributed by atoms with Crippen LogP contribution in [0.5, 0.6) is 0 Å². The molecule has 0 aromatic heterocycles. The fourth-order valence-electron chi connectivity index (χ4n) is 2.74. The molecule has 2 aromatic rings. The number of anilines is 1. The minimum Gasteiger partial charge on any atom is -0.366 e. The Morgan fingerprint density at radius 2 is 1.96 bits per heavy atom. The zero-order valence-electron chi connectivity index (χ0n) is 15.2. The monoisotopic (exact) mass is 380 g/mol. The number of rotatable bonds is 9. The second kappa shape index (κ2) is 8.62. The van der Waals surface area contributed by atoms with E-state index in [2.05, 4.69) is 5.32 Å². The molecule has 0 amide bonds. The number of nitrogens with one attached hydrogen (secondary N) is 1. The number of fused-ring (bicyclic) bond motifs is 1. The summed E-state index contributed by atoms with van der Waals surface area (Å²) < 4.78 is 18.1. The quantitative estimate of drug-likeness (QED) is 0.348. The molecule has 0 saturated carbocycles. The van der Waals surface area contributed by atoms with Gasteiger partial charge in [0.2, 0.25) is 0 Å². The highest BCUT2D eigenvalue weighted by Gasteiger charge is 2.35. The molecule has 0 radical (unpaired) electrons. The highest BCUT2D eigenvalue weighted by atomic mass is 31.2. The fraction of sp³-hybridized carbons (Fsp3) is 0.444. The van der Waals surface area contributed by atoms with Gasteiger partial charge >= 0.3 is 7.60 Å². The second-order valence-corrected chi connectivity index (χ2v) is 8.24. The predicted octanol–water partition coefficient (Wildman–Crippen LogP) is 5.29. The number of nitro groups is 1. The molecule has 2 N–H and O–H groups in total. The van der Waals surface area contributed by atoms with E-state index in [0.29, 0.717) is 24.6 Å². The Morgan fingerprint density at radius 1 is 1.27 bits per heavy atom. The van der Waals surface area contributed by atoms with Gasteiger partial charge in [0.15, 0.2) is 0 Å². The average Bonchev–Trinajstić information content (AvgIpc) is 2.60. The second-order valence-electron chi connectivity index (χ2n) is 6.28. The van der Waals surface area contributed by atoms with Crippen LogP contribution in [-0.4, -0.2) is 21.7 Å². The average molecular weight is 380 g/mol. The number of hydrogen-bond acceptors (Lipinski definition) is 5. The molecule has 142 valence electrons. The van der Waals surface area contributed by atoms with Crippen LogP contribution in [0.25, 0.3) is 10.8 Å². The van der Waals surface area contributed by atoms with Crippen molar-refractivity contribution >= 4 is 29.7 Å². The van der Waals surface area contributed by atoms with Crippen molar-refractivity contribution in [2.45, 2.75) is 51.9 Å². The predicted molar refractivity (Wildman–Crippen MR) is 104 cm³/mol. The Hall–Kier alpha value is -1.95. The van der Waals surface area contributed by atoms with E-state index in [4.69, 9.17) is 4.52 Å². The maximum absolute atomic E-state index is 12.7. The topological polar surface area (TPSA) is 102 Å². The molecule has 8 heteroatoms. The normalized spacial score (nSPS) is 16.0. The first-order valence-electron chi connectivity index (χ1n) is 8.73. The Balaban J connectivity index is 2.44. The van der Waals surface area contributed by atoms with Crippen molar-refractivity contribution in [2.24, 2.45) is 0 Å². The fourth-order valence-corrected chi connectivity index (χ4v) is 4.44. The smallest absolute Gasteiger partial charge is 0.350 e. The number of hydrogen-bond donors (Lipinski definition) is 2. The van der Waals surface area contributed by atoms with E-state index in [1.54, 1.807) is 43.3 Å². The largest absolute Gasteiger partial charge is 0.366 e. The third-order valence-electron chi connectivity index (χ3n) is 4.27. The molecule has 0 spiro atoms. The van der Waals surface area contributed by atoms with E-state index in [1.807, 2.05) is 13.8 Å². The van der Waals surface area contributed by atoms with Gasteiger partial charge in [0.05, 0.1) is 16.4 Å². The maximum atomic E-state index is 12.7. The Kier molecular flexibility index (Phi) is 6.75. The van der Waals surface area contributed by atoms with Crippen molar-refractivity contribution in [2.75, 3.05) is 5.32 Å². The van der Waals surface area contributed by atoms with Crippen LogP contribution in [0, 0.1) is 10.1 Å². The van der Waals surface area contributed by atoms with Gasteiger partial charge in [-0.1, -0.05) is 44.5 Å². The van der Waals surface area contributed by atoms with Crippen LogP contribution in [0.4, 0.5) is 11.4 Å². The SMILES string of the molecule is CCCC(Nc1ccc2ccccc2c1[N+](=O)[O-])P(=O)(O)OC(C)CC. The van der Waals surface area contributed by atoms with Crippen LogP contribution in [0.1, 0.15) is 40.0 Å². The van der Waals surface area contributed by atoms with Gasteiger partial charge in [0.1, 0.15) is 11.5 Å². The van der Waals surface area contributed by atoms with Crippen LogP contribution >= 0.6 is 7.60 Å². The molecular weight excluding hydrogens is 355 g/mol. The molecule has 0 aliphatic carbocycles. The molecule has 0 bridgehead atoms. The minimum atomic E-state index is -4.00. The highest BCUT2D eigenvalue weighted by Crippen LogP contribution is 2.51. The van der Waals surface area contributed by atoms with Crippen LogP contribution < -0.4 is 5.32 Å². The van der Waals surface area contributed by atoms with Gasteiger partial charge in [-0.15, -0.1) is 0 Å². The molecule has 0 fully saturated rings. The summed E-state index contributed by atoms with van der Waals surface area (Å²) in [4.78, 5) is 21.6.